The van der Waals surface area contributed by atoms with Crippen LogP contribution >= 0.6 is 0 Å². The van der Waals surface area contributed by atoms with Gasteiger partial charge >= 0.3 is 5.97 Å². The zero-order valence-electron chi connectivity index (χ0n) is 26.7. The first-order valence-corrected chi connectivity index (χ1v) is 18.0. The average Bonchev–Trinajstić information content (AvgIpc) is 3.25. The van der Waals surface area contributed by atoms with Crippen molar-refractivity contribution in [3.05, 3.63) is 11.6 Å². The Morgan fingerprint density at radius 2 is 1.60 bits per heavy atom. The fraction of sp³-hybridized carbons (Fsp3) is 0.921. The third-order valence-corrected chi connectivity index (χ3v) is 15.0. The molecule has 8 aliphatic carbocycles. The van der Waals surface area contributed by atoms with Crippen LogP contribution in [0.5, 0.6) is 0 Å². The van der Waals surface area contributed by atoms with Crippen LogP contribution in [-0.4, -0.2) is 12.1 Å². The first-order valence-electron chi connectivity index (χ1n) is 18.0. The Balaban J connectivity index is 1.01. The zero-order valence-corrected chi connectivity index (χ0v) is 26.7. The van der Waals surface area contributed by atoms with Gasteiger partial charge in [0.25, 0.3) is 0 Å². The van der Waals surface area contributed by atoms with Gasteiger partial charge in [-0.15, -0.1) is 0 Å². The minimum atomic E-state index is -0.111. The summed E-state index contributed by atoms with van der Waals surface area (Å²) in [5, 5.41) is 0. The summed E-state index contributed by atoms with van der Waals surface area (Å²) in [5.74, 6) is 7.94. The molecule has 224 valence electrons. The number of ether oxygens (including phenoxy) is 1. The van der Waals surface area contributed by atoms with Crippen LogP contribution in [0.4, 0.5) is 0 Å². The first-order chi connectivity index (χ1) is 19.1. The lowest BCUT2D eigenvalue weighted by atomic mass is 9.47. The van der Waals surface area contributed by atoms with Crippen molar-refractivity contribution in [2.24, 2.45) is 69.5 Å². The number of allylic oxidation sites excluding steroid dienone is 1. The fourth-order valence-corrected chi connectivity index (χ4v) is 13.4. The van der Waals surface area contributed by atoms with E-state index in [-0.39, 0.29) is 17.5 Å². The Bertz CT molecular complexity index is 972. The molecule has 40 heavy (non-hydrogen) atoms. The molecule has 8 atom stereocenters. The molecular weight excluding hydrogens is 488 g/mol. The van der Waals surface area contributed by atoms with Gasteiger partial charge in [-0.2, -0.15) is 0 Å². The molecule has 0 aromatic rings. The van der Waals surface area contributed by atoms with Gasteiger partial charge in [0.05, 0.1) is 5.41 Å². The Labute approximate surface area is 246 Å². The molecule has 3 unspecified atom stereocenters. The third kappa shape index (κ3) is 4.49. The lowest BCUT2D eigenvalue weighted by Gasteiger charge is -2.58. The molecule has 0 N–H and O–H groups in total. The van der Waals surface area contributed by atoms with E-state index in [4.69, 9.17) is 4.74 Å². The smallest absolute Gasteiger partial charge is 0.312 e. The van der Waals surface area contributed by atoms with Crippen molar-refractivity contribution >= 4 is 5.97 Å². The highest BCUT2D eigenvalue weighted by molar-refractivity contribution is 5.77. The summed E-state index contributed by atoms with van der Waals surface area (Å²) in [4.78, 5) is 13.7. The molecule has 0 heterocycles. The Morgan fingerprint density at radius 1 is 0.900 bits per heavy atom. The molecule has 8 aliphatic rings. The summed E-state index contributed by atoms with van der Waals surface area (Å²) in [7, 11) is 0. The molecule has 0 aromatic heterocycles. The zero-order chi connectivity index (χ0) is 27.9. The highest BCUT2D eigenvalue weighted by Crippen LogP contribution is 2.68. The van der Waals surface area contributed by atoms with Gasteiger partial charge in [-0.05, 0) is 148 Å². The molecule has 2 nitrogen and oxygen atoms in total. The van der Waals surface area contributed by atoms with Crippen molar-refractivity contribution in [3.63, 3.8) is 0 Å². The third-order valence-electron chi connectivity index (χ3n) is 15.0. The standard InChI is InChI=1S/C38H60O2/c1-24(2)7-6-8-25(3)32-11-12-33-31-10-9-29-20-30(13-15-36(29,4)34(31)14-16-37(32,33)5)40-35(39)38-21-26-17-27(22-38)19-28(18-26)23-38/h9,24-28,30-34H,6-8,10-23H2,1-5H3/t25-,26?,27?,28?,30+,31?,32-,33?,34?,36+,37-,38?/m1/s1. The molecule has 2 heteroatoms. The fourth-order valence-electron chi connectivity index (χ4n) is 13.4. The average molecular weight is 549 g/mol. The molecule has 0 aromatic carbocycles. The van der Waals surface area contributed by atoms with Crippen molar-refractivity contribution in [2.45, 2.75) is 150 Å². The highest BCUT2D eigenvalue weighted by atomic mass is 16.5. The Hall–Kier alpha value is -0.790. The van der Waals surface area contributed by atoms with Crippen LogP contribution in [0, 0.1) is 69.5 Å². The molecule has 0 saturated heterocycles. The van der Waals surface area contributed by atoms with Crippen LogP contribution in [-0.2, 0) is 9.53 Å². The maximum absolute atomic E-state index is 13.7. The number of hydrogen-bond donors (Lipinski definition) is 0. The van der Waals surface area contributed by atoms with E-state index < -0.39 is 0 Å². The first kappa shape index (κ1) is 28.0. The van der Waals surface area contributed by atoms with Crippen molar-refractivity contribution < 1.29 is 9.53 Å². The lowest BCUT2D eigenvalue weighted by molar-refractivity contribution is -0.179. The van der Waals surface area contributed by atoms with Crippen LogP contribution in [0.1, 0.15) is 144 Å². The highest BCUT2D eigenvalue weighted by Gasteiger charge is 2.60. The van der Waals surface area contributed by atoms with Crippen LogP contribution in [0.3, 0.4) is 0 Å². The summed E-state index contributed by atoms with van der Waals surface area (Å²) in [6.07, 6.45) is 25.1. The van der Waals surface area contributed by atoms with Crippen LogP contribution in [0.15, 0.2) is 11.6 Å². The number of rotatable bonds is 7. The predicted octanol–water partition coefficient (Wildman–Crippen LogP) is 10.2. The Morgan fingerprint density at radius 3 is 2.27 bits per heavy atom. The monoisotopic (exact) mass is 548 g/mol. The van der Waals surface area contributed by atoms with E-state index in [0.29, 0.717) is 10.8 Å². The summed E-state index contributed by atoms with van der Waals surface area (Å²) in [6, 6.07) is 0. The summed E-state index contributed by atoms with van der Waals surface area (Å²) < 4.78 is 6.50. The van der Waals surface area contributed by atoms with E-state index in [2.05, 4.69) is 40.7 Å². The van der Waals surface area contributed by atoms with E-state index in [1.54, 1.807) is 5.57 Å². The number of carbonyl (C=O) groups is 1. The number of hydrogen-bond acceptors (Lipinski definition) is 2. The normalized spacial score (nSPS) is 49.7. The molecule has 4 bridgehead atoms. The topological polar surface area (TPSA) is 26.3 Å². The maximum atomic E-state index is 13.7. The second-order valence-corrected chi connectivity index (χ2v) is 17.8. The predicted molar refractivity (Wildman–Crippen MR) is 164 cm³/mol. The van der Waals surface area contributed by atoms with E-state index in [1.165, 1.54) is 77.0 Å². The molecule has 7 fully saturated rings. The van der Waals surface area contributed by atoms with Crippen LogP contribution in [0.2, 0.25) is 0 Å². The Kier molecular flexibility index (Phi) is 7.10. The minimum Gasteiger partial charge on any atom is -0.462 e. The van der Waals surface area contributed by atoms with Gasteiger partial charge in [0.2, 0.25) is 0 Å². The van der Waals surface area contributed by atoms with E-state index >= 15 is 0 Å². The van der Waals surface area contributed by atoms with Crippen molar-refractivity contribution in [2.75, 3.05) is 0 Å². The van der Waals surface area contributed by atoms with E-state index in [9.17, 15) is 4.79 Å². The summed E-state index contributed by atoms with van der Waals surface area (Å²) in [5.41, 5.74) is 2.46. The number of fused-ring (bicyclic) bond motifs is 5. The van der Waals surface area contributed by atoms with Gasteiger partial charge in [0.15, 0.2) is 0 Å². The van der Waals surface area contributed by atoms with Gasteiger partial charge in [-0.25, -0.2) is 0 Å². The van der Waals surface area contributed by atoms with Crippen LogP contribution in [0.25, 0.3) is 0 Å². The number of carbonyl (C=O) groups excluding carboxylic acids is 1. The van der Waals surface area contributed by atoms with Gasteiger partial charge in [-0.1, -0.05) is 65.5 Å². The molecule has 0 aliphatic heterocycles. The minimum absolute atomic E-state index is 0.111. The molecule has 8 rings (SSSR count). The van der Waals surface area contributed by atoms with Crippen molar-refractivity contribution in [3.8, 4) is 0 Å². The summed E-state index contributed by atoms with van der Waals surface area (Å²) in [6.45, 7) is 12.7. The summed E-state index contributed by atoms with van der Waals surface area (Å²) >= 11 is 0. The lowest BCUT2D eigenvalue weighted by Crippen LogP contribution is -2.52. The van der Waals surface area contributed by atoms with Gasteiger partial charge in [0.1, 0.15) is 6.10 Å². The molecular formula is C38H60O2. The molecule has 7 saturated carbocycles. The molecule has 0 amide bonds. The quantitative estimate of drug-likeness (QED) is 0.234. The van der Waals surface area contributed by atoms with Crippen LogP contribution < -0.4 is 0 Å². The second-order valence-electron chi connectivity index (χ2n) is 17.8. The SMILES string of the molecule is CC(C)CCC[C@@H](C)[C@H]1CCC2C3CC=C4C[C@@H](OC(=O)C56CC7CC(CC(C7)C5)C6)CC[C@]4(C)C3CC[C@@]21C. The number of esters is 1. The van der Waals surface area contributed by atoms with Crippen molar-refractivity contribution in [1.82, 2.24) is 0 Å². The molecule has 0 radical (unpaired) electrons. The van der Waals surface area contributed by atoms with Gasteiger partial charge in [0, 0.05) is 6.42 Å². The second kappa shape index (κ2) is 10.1. The van der Waals surface area contributed by atoms with E-state index in [1.807, 2.05) is 0 Å². The van der Waals surface area contributed by atoms with Gasteiger partial charge < -0.3 is 4.74 Å². The molecule has 0 spiro atoms. The van der Waals surface area contributed by atoms with Crippen molar-refractivity contribution in [1.29, 1.82) is 0 Å². The largest absolute Gasteiger partial charge is 0.462 e. The van der Waals surface area contributed by atoms with E-state index in [0.717, 1.165) is 85.4 Å². The van der Waals surface area contributed by atoms with Gasteiger partial charge in [-0.3, -0.25) is 4.79 Å². The maximum Gasteiger partial charge on any atom is 0.312 e.